The van der Waals surface area contributed by atoms with Crippen LogP contribution in [0.5, 0.6) is 0 Å². The Bertz CT molecular complexity index is 494. The highest BCUT2D eigenvalue weighted by molar-refractivity contribution is 5.78. The van der Waals surface area contributed by atoms with Gasteiger partial charge in [0.05, 0.1) is 19.6 Å². The Morgan fingerprint density at radius 1 is 1.18 bits per heavy atom. The van der Waals surface area contributed by atoms with E-state index in [2.05, 4.69) is 31.2 Å². The third-order valence-corrected chi connectivity index (χ3v) is 4.63. The van der Waals surface area contributed by atoms with E-state index in [0.29, 0.717) is 25.6 Å². The second-order valence-corrected chi connectivity index (χ2v) is 6.20. The van der Waals surface area contributed by atoms with Gasteiger partial charge < -0.3 is 14.4 Å². The van der Waals surface area contributed by atoms with Gasteiger partial charge in [-0.15, -0.1) is 0 Å². The lowest BCUT2D eigenvalue weighted by Gasteiger charge is -2.34. The number of hydrogen-bond donors (Lipinski definition) is 0. The van der Waals surface area contributed by atoms with Crippen molar-refractivity contribution in [2.45, 2.75) is 38.9 Å². The van der Waals surface area contributed by atoms with E-state index < -0.39 is 0 Å². The Labute approximate surface area is 132 Å². The zero-order chi connectivity index (χ0) is 15.4. The van der Waals surface area contributed by atoms with Crippen LogP contribution in [-0.4, -0.2) is 43.4 Å². The summed E-state index contributed by atoms with van der Waals surface area (Å²) in [5, 5.41) is 0. The summed E-state index contributed by atoms with van der Waals surface area (Å²) >= 11 is 0. The minimum Gasteiger partial charge on any atom is -0.350 e. The van der Waals surface area contributed by atoms with Crippen molar-refractivity contribution in [3.8, 4) is 0 Å². The molecule has 0 bridgehead atoms. The molecule has 1 aromatic carbocycles. The van der Waals surface area contributed by atoms with Gasteiger partial charge in [-0.2, -0.15) is 0 Å². The zero-order valence-corrected chi connectivity index (χ0v) is 13.3. The second kappa shape index (κ2) is 7.25. The van der Waals surface area contributed by atoms with E-state index in [4.69, 9.17) is 9.47 Å². The number of benzene rings is 1. The molecule has 0 N–H and O–H groups in total. The van der Waals surface area contributed by atoms with E-state index in [1.54, 1.807) is 0 Å². The van der Waals surface area contributed by atoms with E-state index in [-0.39, 0.29) is 12.2 Å². The Hall–Kier alpha value is -1.39. The number of aryl methyl sites for hydroxylation is 1. The normalized spacial score (nSPS) is 23.0. The number of hydrogen-bond acceptors (Lipinski definition) is 3. The number of likely N-dealkylation sites (tertiary alicyclic amines) is 1. The van der Waals surface area contributed by atoms with Gasteiger partial charge in [0, 0.05) is 19.0 Å². The van der Waals surface area contributed by atoms with Crippen molar-refractivity contribution in [1.29, 1.82) is 0 Å². The van der Waals surface area contributed by atoms with Gasteiger partial charge in [0.2, 0.25) is 5.91 Å². The van der Waals surface area contributed by atoms with Crippen molar-refractivity contribution in [3.05, 3.63) is 35.4 Å². The number of nitrogens with zero attached hydrogens (tertiary/aromatic N) is 1. The highest BCUT2D eigenvalue weighted by Gasteiger charge is 2.32. The van der Waals surface area contributed by atoms with Crippen molar-refractivity contribution in [2.24, 2.45) is 5.92 Å². The Morgan fingerprint density at radius 2 is 1.86 bits per heavy atom. The SMILES string of the molecule is CCc1ccc(CC(=O)N2CCCC(C3OCCO3)C2)cc1. The maximum Gasteiger partial charge on any atom is 0.227 e. The van der Waals surface area contributed by atoms with Crippen LogP contribution in [0.4, 0.5) is 0 Å². The summed E-state index contributed by atoms with van der Waals surface area (Å²) in [5.41, 5.74) is 2.41. The summed E-state index contributed by atoms with van der Waals surface area (Å²) in [6.07, 6.45) is 3.53. The molecule has 4 heteroatoms. The van der Waals surface area contributed by atoms with Crippen molar-refractivity contribution in [1.82, 2.24) is 4.90 Å². The van der Waals surface area contributed by atoms with Crippen LogP contribution in [0.2, 0.25) is 0 Å². The van der Waals surface area contributed by atoms with E-state index >= 15 is 0 Å². The Morgan fingerprint density at radius 3 is 2.55 bits per heavy atom. The van der Waals surface area contributed by atoms with Gasteiger partial charge in [-0.3, -0.25) is 4.79 Å². The first-order valence-electron chi connectivity index (χ1n) is 8.35. The molecule has 22 heavy (non-hydrogen) atoms. The number of rotatable bonds is 4. The largest absolute Gasteiger partial charge is 0.350 e. The van der Waals surface area contributed by atoms with Crippen LogP contribution in [0.15, 0.2) is 24.3 Å². The summed E-state index contributed by atoms with van der Waals surface area (Å²) < 4.78 is 11.2. The summed E-state index contributed by atoms with van der Waals surface area (Å²) in [6, 6.07) is 8.37. The molecule has 1 aromatic rings. The van der Waals surface area contributed by atoms with Crippen molar-refractivity contribution in [3.63, 3.8) is 0 Å². The number of carbonyl (C=O) groups is 1. The predicted molar refractivity (Wildman–Crippen MR) is 84.5 cm³/mol. The molecule has 120 valence electrons. The summed E-state index contributed by atoms with van der Waals surface area (Å²) in [5.74, 6) is 0.537. The molecule has 1 unspecified atom stereocenters. The highest BCUT2D eigenvalue weighted by Crippen LogP contribution is 2.25. The third-order valence-electron chi connectivity index (χ3n) is 4.63. The van der Waals surface area contributed by atoms with Crippen LogP contribution in [0.3, 0.4) is 0 Å². The van der Waals surface area contributed by atoms with E-state index in [1.807, 2.05) is 4.90 Å². The number of piperidine rings is 1. The first kappa shape index (κ1) is 15.5. The molecular formula is C18H25NO3. The monoisotopic (exact) mass is 303 g/mol. The molecule has 2 saturated heterocycles. The molecule has 4 nitrogen and oxygen atoms in total. The Kier molecular flexibility index (Phi) is 5.11. The topological polar surface area (TPSA) is 38.8 Å². The van der Waals surface area contributed by atoms with Crippen LogP contribution >= 0.6 is 0 Å². The van der Waals surface area contributed by atoms with E-state index in [9.17, 15) is 4.79 Å². The summed E-state index contributed by atoms with van der Waals surface area (Å²) in [7, 11) is 0. The molecular weight excluding hydrogens is 278 g/mol. The average molecular weight is 303 g/mol. The average Bonchev–Trinajstić information content (AvgIpc) is 3.10. The molecule has 1 amide bonds. The second-order valence-electron chi connectivity index (χ2n) is 6.20. The van der Waals surface area contributed by atoms with E-state index in [1.165, 1.54) is 5.56 Å². The molecule has 3 rings (SSSR count). The lowest BCUT2D eigenvalue weighted by atomic mass is 9.96. The van der Waals surface area contributed by atoms with Crippen molar-refractivity contribution in [2.75, 3.05) is 26.3 Å². The smallest absolute Gasteiger partial charge is 0.227 e. The first-order valence-corrected chi connectivity index (χ1v) is 8.35. The fraction of sp³-hybridized carbons (Fsp3) is 0.611. The molecule has 2 aliphatic rings. The fourth-order valence-corrected chi connectivity index (χ4v) is 3.29. The molecule has 1 atom stereocenters. The van der Waals surface area contributed by atoms with Gasteiger partial charge in [0.25, 0.3) is 0 Å². The molecule has 0 spiro atoms. The summed E-state index contributed by atoms with van der Waals surface area (Å²) in [4.78, 5) is 14.5. The minimum absolute atomic E-state index is 0.112. The lowest BCUT2D eigenvalue weighted by molar-refractivity contribution is -0.138. The van der Waals surface area contributed by atoms with Crippen LogP contribution in [0.1, 0.15) is 30.9 Å². The number of ether oxygens (including phenoxy) is 2. The van der Waals surface area contributed by atoms with Crippen molar-refractivity contribution < 1.29 is 14.3 Å². The molecule has 2 fully saturated rings. The molecule has 2 heterocycles. The van der Waals surface area contributed by atoms with Gasteiger partial charge in [0.15, 0.2) is 6.29 Å². The quantitative estimate of drug-likeness (QED) is 0.857. The molecule has 2 aliphatic heterocycles. The van der Waals surface area contributed by atoms with Gasteiger partial charge >= 0.3 is 0 Å². The number of amides is 1. The van der Waals surface area contributed by atoms with Gasteiger partial charge in [-0.05, 0) is 30.4 Å². The lowest BCUT2D eigenvalue weighted by Crippen LogP contribution is -2.44. The Balaban J connectivity index is 1.56. The van der Waals surface area contributed by atoms with Gasteiger partial charge in [0.1, 0.15) is 0 Å². The molecule has 0 aliphatic carbocycles. The first-order chi connectivity index (χ1) is 10.8. The molecule has 0 saturated carbocycles. The van der Waals surface area contributed by atoms with Crippen molar-refractivity contribution >= 4 is 5.91 Å². The molecule has 0 aromatic heterocycles. The highest BCUT2D eigenvalue weighted by atomic mass is 16.7. The maximum absolute atomic E-state index is 12.5. The van der Waals surface area contributed by atoms with Gasteiger partial charge in [-0.1, -0.05) is 31.2 Å². The fourth-order valence-electron chi connectivity index (χ4n) is 3.29. The predicted octanol–water partition coefficient (Wildman–Crippen LogP) is 2.40. The van der Waals surface area contributed by atoms with Crippen LogP contribution in [0, 0.1) is 5.92 Å². The van der Waals surface area contributed by atoms with Crippen LogP contribution < -0.4 is 0 Å². The molecule has 0 radical (unpaired) electrons. The van der Waals surface area contributed by atoms with Gasteiger partial charge in [-0.25, -0.2) is 0 Å². The third kappa shape index (κ3) is 3.68. The minimum atomic E-state index is -0.112. The standard InChI is InChI=1S/C18H25NO3/c1-2-14-5-7-15(8-6-14)12-17(20)19-9-3-4-16(13-19)18-21-10-11-22-18/h5-8,16,18H,2-4,9-13H2,1H3. The zero-order valence-electron chi connectivity index (χ0n) is 13.3. The maximum atomic E-state index is 12.5. The number of carbonyl (C=O) groups excluding carboxylic acids is 1. The van der Waals surface area contributed by atoms with E-state index in [0.717, 1.165) is 37.9 Å². The van der Waals surface area contributed by atoms with Crippen LogP contribution in [0.25, 0.3) is 0 Å². The summed E-state index contributed by atoms with van der Waals surface area (Å²) in [6.45, 7) is 5.12. The van der Waals surface area contributed by atoms with Crippen LogP contribution in [-0.2, 0) is 27.1 Å².